The second kappa shape index (κ2) is 9.56. The number of nitrogens with zero attached hydrogens (tertiary/aromatic N) is 3. The first-order chi connectivity index (χ1) is 13.5. The van der Waals surface area contributed by atoms with Crippen LogP contribution in [-0.4, -0.2) is 21.6 Å². The van der Waals surface area contributed by atoms with Gasteiger partial charge in [-0.3, -0.25) is 4.79 Å². The molecule has 2 aromatic heterocycles. The number of hydrogen-bond acceptors (Lipinski definition) is 5. The minimum atomic E-state index is -0.172. The molecule has 0 unspecified atom stereocenters. The number of carbonyl (C=O) groups is 1. The van der Waals surface area contributed by atoms with Gasteiger partial charge in [0.1, 0.15) is 16.9 Å². The van der Waals surface area contributed by atoms with Crippen LogP contribution in [0.5, 0.6) is 0 Å². The third-order valence-corrected chi connectivity index (χ3v) is 5.15. The van der Waals surface area contributed by atoms with Gasteiger partial charge in [-0.15, -0.1) is 11.8 Å². The van der Waals surface area contributed by atoms with Gasteiger partial charge in [0.25, 0.3) is 0 Å². The van der Waals surface area contributed by atoms with Crippen molar-refractivity contribution in [2.45, 2.75) is 11.4 Å². The van der Waals surface area contributed by atoms with Crippen molar-refractivity contribution in [1.29, 1.82) is 5.26 Å². The maximum absolute atomic E-state index is 12.1. The molecule has 28 heavy (non-hydrogen) atoms. The van der Waals surface area contributed by atoms with E-state index in [1.54, 1.807) is 36.4 Å². The number of aromatic nitrogens is 2. The first kappa shape index (κ1) is 20.2. The number of benzene rings is 1. The summed E-state index contributed by atoms with van der Waals surface area (Å²) in [6.07, 6.45) is 1.73. The number of hydrogen-bond donors (Lipinski definition) is 1. The summed E-state index contributed by atoms with van der Waals surface area (Å²) in [6.45, 7) is 0. The Balaban J connectivity index is 1.63. The number of carbonyl (C=O) groups excluding carboxylic acids is 1. The van der Waals surface area contributed by atoms with E-state index < -0.39 is 0 Å². The average Bonchev–Trinajstić information content (AvgIpc) is 2.70. The fourth-order valence-corrected chi connectivity index (χ4v) is 3.46. The van der Waals surface area contributed by atoms with Gasteiger partial charge >= 0.3 is 0 Å². The number of nitriles is 1. The zero-order valence-corrected chi connectivity index (χ0v) is 16.9. The highest BCUT2D eigenvalue weighted by Gasteiger charge is 2.10. The molecule has 2 heterocycles. The Morgan fingerprint density at radius 3 is 2.50 bits per heavy atom. The van der Waals surface area contributed by atoms with Crippen molar-refractivity contribution in [3.63, 3.8) is 0 Å². The number of nitrogens with one attached hydrogen (secondary N) is 1. The highest BCUT2D eigenvalue weighted by molar-refractivity contribution is 7.99. The molecule has 3 aromatic rings. The van der Waals surface area contributed by atoms with Crippen LogP contribution >= 0.6 is 35.0 Å². The van der Waals surface area contributed by atoms with Gasteiger partial charge in [0.2, 0.25) is 5.91 Å². The highest BCUT2D eigenvalue weighted by Crippen LogP contribution is 2.26. The van der Waals surface area contributed by atoms with Crippen LogP contribution in [-0.2, 0) is 4.79 Å². The lowest BCUT2D eigenvalue weighted by Crippen LogP contribution is -2.13. The monoisotopic (exact) mass is 428 g/mol. The van der Waals surface area contributed by atoms with Gasteiger partial charge in [0.15, 0.2) is 0 Å². The fourth-order valence-electron chi connectivity index (χ4n) is 2.31. The summed E-state index contributed by atoms with van der Waals surface area (Å²) >= 11 is 13.1. The molecule has 0 radical (unpaired) electrons. The number of anilines is 1. The van der Waals surface area contributed by atoms with E-state index >= 15 is 0 Å². The molecule has 0 aliphatic carbocycles. The molecule has 0 aliphatic rings. The predicted octanol–water partition coefficient (Wildman–Crippen LogP) is 5.44. The van der Waals surface area contributed by atoms with Crippen molar-refractivity contribution in [1.82, 2.24) is 9.97 Å². The molecule has 5 nitrogen and oxygen atoms in total. The molecule has 1 amide bonds. The van der Waals surface area contributed by atoms with Crippen molar-refractivity contribution < 1.29 is 4.79 Å². The molecular formula is C20H14Cl2N4OS. The first-order valence-corrected chi connectivity index (χ1v) is 10.0. The van der Waals surface area contributed by atoms with Gasteiger partial charge < -0.3 is 5.32 Å². The van der Waals surface area contributed by atoms with Gasteiger partial charge in [-0.05, 0) is 36.4 Å². The van der Waals surface area contributed by atoms with Gasteiger partial charge in [-0.1, -0.05) is 35.3 Å². The van der Waals surface area contributed by atoms with Gasteiger partial charge in [-0.25, -0.2) is 9.97 Å². The van der Waals surface area contributed by atoms with Crippen LogP contribution in [0.25, 0.3) is 11.3 Å². The molecule has 3 rings (SSSR count). The van der Waals surface area contributed by atoms with E-state index in [1.165, 1.54) is 18.0 Å². The summed E-state index contributed by atoms with van der Waals surface area (Å²) in [5.41, 5.74) is 2.12. The summed E-state index contributed by atoms with van der Waals surface area (Å²) in [5, 5.41) is 13.8. The SMILES string of the molecule is N#Cc1ccc(-c2ccc(Cl)cc2)nc1SCCC(=O)Nc1ccc(Cl)cn1. The van der Waals surface area contributed by atoms with Crippen molar-refractivity contribution in [3.05, 3.63) is 70.3 Å². The van der Waals surface area contributed by atoms with E-state index in [0.717, 1.165) is 11.3 Å². The summed E-state index contributed by atoms with van der Waals surface area (Å²) in [6, 6.07) is 16.3. The average molecular weight is 429 g/mol. The van der Waals surface area contributed by atoms with E-state index in [-0.39, 0.29) is 12.3 Å². The highest BCUT2D eigenvalue weighted by atomic mass is 35.5. The molecule has 0 saturated carbocycles. The van der Waals surface area contributed by atoms with Gasteiger partial charge in [0, 0.05) is 29.0 Å². The summed E-state index contributed by atoms with van der Waals surface area (Å²) in [4.78, 5) is 20.7. The second-order valence-corrected chi connectivity index (χ2v) is 7.63. The van der Waals surface area contributed by atoms with Crippen LogP contribution in [0.2, 0.25) is 10.0 Å². The summed E-state index contributed by atoms with van der Waals surface area (Å²) in [7, 11) is 0. The molecule has 0 bridgehead atoms. The maximum Gasteiger partial charge on any atom is 0.226 e. The zero-order valence-electron chi connectivity index (χ0n) is 14.5. The Morgan fingerprint density at radius 1 is 1.07 bits per heavy atom. The minimum absolute atomic E-state index is 0.172. The Morgan fingerprint density at radius 2 is 1.82 bits per heavy atom. The molecule has 1 aromatic carbocycles. The first-order valence-electron chi connectivity index (χ1n) is 8.26. The van der Waals surface area contributed by atoms with Crippen LogP contribution in [0, 0.1) is 11.3 Å². The van der Waals surface area contributed by atoms with E-state index in [4.69, 9.17) is 23.2 Å². The Kier molecular flexibility index (Phi) is 6.88. The molecule has 140 valence electrons. The van der Waals surface area contributed by atoms with Crippen molar-refractivity contribution in [3.8, 4) is 17.3 Å². The lowest BCUT2D eigenvalue weighted by Gasteiger charge is -2.07. The van der Waals surface area contributed by atoms with Crippen molar-refractivity contribution >= 4 is 46.7 Å². The molecule has 8 heteroatoms. The zero-order chi connectivity index (χ0) is 19.9. The topological polar surface area (TPSA) is 78.7 Å². The molecule has 0 spiro atoms. The Hall–Kier alpha value is -2.59. The quantitative estimate of drug-likeness (QED) is 0.528. The van der Waals surface area contributed by atoms with Crippen molar-refractivity contribution in [2.75, 3.05) is 11.1 Å². The van der Waals surface area contributed by atoms with E-state index in [1.807, 2.05) is 12.1 Å². The Bertz CT molecular complexity index is 1020. The minimum Gasteiger partial charge on any atom is -0.311 e. The van der Waals surface area contributed by atoms with Gasteiger partial charge in [0.05, 0.1) is 16.3 Å². The van der Waals surface area contributed by atoms with Crippen LogP contribution in [0.15, 0.2) is 59.8 Å². The number of rotatable bonds is 6. The number of thioether (sulfide) groups is 1. The predicted molar refractivity (Wildman–Crippen MR) is 113 cm³/mol. The van der Waals surface area contributed by atoms with E-state index in [2.05, 4.69) is 21.4 Å². The summed E-state index contributed by atoms with van der Waals surface area (Å²) < 4.78 is 0. The smallest absolute Gasteiger partial charge is 0.226 e. The van der Waals surface area contributed by atoms with Crippen molar-refractivity contribution in [2.24, 2.45) is 0 Å². The van der Waals surface area contributed by atoms with E-state index in [9.17, 15) is 10.1 Å². The molecule has 0 fully saturated rings. The maximum atomic E-state index is 12.1. The molecule has 0 saturated heterocycles. The van der Waals surface area contributed by atoms with Crippen LogP contribution in [0.1, 0.15) is 12.0 Å². The number of halogens is 2. The third kappa shape index (κ3) is 5.46. The molecule has 0 aliphatic heterocycles. The standard InChI is InChI=1S/C20H14Cl2N4OS/c21-15-4-1-13(2-5-15)17-7-3-14(11-23)20(25-17)28-10-9-19(27)26-18-8-6-16(22)12-24-18/h1-8,12H,9-10H2,(H,24,26,27). The molecule has 0 atom stereocenters. The largest absolute Gasteiger partial charge is 0.311 e. The third-order valence-electron chi connectivity index (χ3n) is 3.68. The second-order valence-electron chi connectivity index (χ2n) is 5.68. The lowest BCUT2D eigenvalue weighted by molar-refractivity contribution is -0.115. The fraction of sp³-hybridized carbons (Fsp3) is 0.100. The molecule has 1 N–H and O–H groups in total. The van der Waals surface area contributed by atoms with Crippen LogP contribution < -0.4 is 5.32 Å². The normalized spacial score (nSPS) is 10.3. The van der Waals surface area contributed by atoms with E-state index in [0.29, 0.717) is 32.2 Å². The van der Waals surface area contributed by atoms with Crippen LogP contribution in [0.3, 0.4) is 0 Å². The van der Waals surface area contributed by atoms with Crippen LogP contribution in [0.4, 0.5) is 5.82 Å². The Labute approximate surface area is 176 Å². The molecular weight excluding hydrogens is 415 g/mol. The number of pyridine rings is 2. The number of amides is 1. The van der Waals surface area contributed by atoms with Gasteiger partial charge in [-0.2, -0.15) is 5.26 Å². The lowest BCUT2D eigenvalue weighted by atomic mass is 10.1. The summed E-state index contributed by atoms with van der Waals surface area (Å²) in [5.74, 6) is 0.750.